The lowest BCUT2D eigenvalue weighted by atomic mass is 9.97. The SMILES string of the molecule is C=C(C)[C@@H](O)CCC1=CC[C@@H](/C(C)=C/CC/C(C)=C\CO)OC1=O. The van der Waals surface area contributed by atoms with Gasteiger partial charge in [0.2, 0.25) is 0 Å². The third-order valence-electron chi connectivity index (χ3n) is 4.30. The molecule has 0 aromatic carbocycles. The Labute approximate surface area is 145 Å². The number of esters is 1. The number of aliphatic hydroxyl groups excluding tert-OH is 2. The van der Waals surface area contributed by atoms with Crippen LogP contribution >= 0.6 is 0 Å². The van der Waals surface area contributed by atoms with Crippen LogP contribution in [0.25, 0.3) is 0 Å². The van der Waals surface area contributed by atoms with Crippen LogP contribution in [0.1, 0.15) is 52.9 Å². The summed E-state index contributed by atoms with van der Waals surface area (Å²) in [5.74, 6) is -0.288. The Hall–Kier alpha value is -1.65. The molecule has 4 heteroatoms. The molecule has 2 N–H and O–H groups in total. The van der Waals surface area contributed by atoms with Gasteiger partial charge < -0.3 is 14.9 Å². The maximum atomic E-state index is 12.1. The summed E-state index contributed by atoms with van der Waals surface area (Å²) in [5.41, 5.74) is 3.56. The third kappa shape index (κ3) is 6.85. The normalized spacial score (nSPS) is 20.5. The highest BCUT2D eigenvalue weighted by Crippen LogP contribution is 2.24. The van der Waals surface area contributed by atoms with E-state index in [0.717, 1.165) is 24.0 Å². The van der Waals surface area contributed by atoms with Gasteiger partial charge in [-0.3, -0.25) is 0 Å². The Morgan fingerprint density at radius 2 is 2.12 bits per heavy atom. The number of aliphatic hydroxyl groups is 2. The maximum absolute atomic E-state index is 12.1. The van der Waals surface area contributed by atoms with Gasteiger partial charge in [-0.2, -0.15) is 0 Å². The van der Waals surface area contributed by atoms with Crippen molar-refractivity contribution in [3.8, 4) is 0 Å². The van der Waals surface area contributed by atoms with E-state index >= 15 is 0 Å². The highest BCUT2D eigenvalue weighted by atomic mass is 16.5. The standard InChI is InChI=1S/C20H30O4/c1-14(2)18(22)10-8-17-9-11-19(24-20(17)23)16(4)7-5-6-15(3)12-13-21/h7,9,12,18-19,21-22H,1,5-6,8,10-11,13H2,2-4H3/b15-12-,16-7+/t18-,19-/m0/s1. The summed E-state index contributed by atoms with van der Waals surface area (Å²) >= 11 is 0. The van der Waals surface area contributed by atoms with Crippen LogP contribution in [0.4, 0.5) is 0 Å². The van der Waals surface area contributed by atoms with Crippen molar-refractivity contribution in [3.05, 3.63) is 47.1 Å². The van der Waals surface area contributed by atoms with Crippen molar-refractivity contribution in [1.82, 2.24) is 0 Å². The van der Waals surface area contributed by atoms with Gasteiger partial charge in [-0.25, -0.2) is 4.79 Å². The minimum absolute atomic E-state index is 0.0718. The Morgan fingerprint density at radius 3 is 2.71 bits per heavy atom. The monoisotopic (exact) mass is 334 g/mol. The molecule has 0 saturated heterocycles. The Kier molecular flexibility index (Phi) is 8.72. The van der Waals surface area contributed by atoms with Gasteiger partial charge in [0.25, 0.3) is 0 Å². The summed E-state index contributed by atoms with van der Waals surface area (Å²) < 4.78 is 5.52. The first kappa shape index (κ1) is 20.4. The first-order valence-corrected chi connectivity index (χ1v) is 8.51. The molecule has 1 aliphatic rings. The summed E-state index contributed by atoms with van der Waals surface area (Å²) in [6, 6.07) is 0. The van der Waals surface area contributed by atoms with Crippen LogP contribution in [-0.4, -0.2) is 35.0 Å². The molecule has 0 unspecified atom stereocenters. The quantitative estimate of drug-likeness (QED) is 0.499. The average molecular weight is 334 g/mol. The van der Waals surface area contributed by atoms with E-state index in [0.29, 0.717) is 30.4 Å². The van der Waals surface area contributed by atoms with Crippen LogP contribution in [-0.2, 0) is 9.53 Å². The molecule has 4 nitrogen and oxygen atoms in total. The first-order chi connectivity index (χ1) is 11.3. The van der Waals surface area contributed by atoms with Crippen LogP contribution in [0, 0.1) is 0 Å². The zero-order valence-corrected chi connectivity index (χ0v) is 15.0. The summed E-state index contributed by atoms with van der Waals surface area (Å²) in [4.78, 5) is 12.1. The molecule has 0 aromatic rings. The van der Waals surface area contributed by atoms with Crippen molar-refractivity contribution in [2.45, 2.75) is 65.1 Å². The number of ether oxygens (including phenoxy) is 1. The summed E-state index contributed by atoms with van der Waals surface area (Å²) in [6.45, 7) is 9.54. The fourth-order valence-corrected chi connectivity index (χ4v) is 2.52. The van der Waals surface area contributed by atoms with Crippen LogP contribution < -0.4 is 0 Å². The second-order valence-corrected chi connectivity index (χ2v) is 6.48. The number of hydrogen-bond acceptors (Lipinski definition) is 4. The van der Waals surface area contributed by atoms with Crippen molar-refractivity contribution in [3.63, 3.8) is 0 Å². The first-order valence-electron chi connectivity index (χ1n) is 8.51. The molecular weight excluding hydrogens is 304 g/mol. The van der Waals surface area contributed by atoms with Gasteiger partial charge in [0, 0.05) is 12.0 Å². The topological polar surface area (TPSA) is 66.8 Å². The van der Waals surface area contributed by atoms with Crippen LogP contribution in [0.5, 0.6) is 0 Å². The fourth-order valence-electron chi connectivity index (χ4n) is 2.52. The van der Waals surface area contributed by atoms with Gasteiger partial charge in [-0.05, 0) is 52.0 Å². The predicted octanol–water partition coefficient (Wildman–Crippen LogP) is 3.61. The van der Waals surface area contributed by atoms with Crippen LogP contribution in [0.3, 0.4) is 0 Å². The lowest BCUT2D eigenvalue weighted by Crippen LogP contribution is -2.25. The lowest BCUT2D eigenvalue weighted by molar-refractivity contribution is -0.143. The Bertz CT molecular complexity index is 540. The molecular formula is C20H30O4. The molecule has 2 atom stereocenters. The lowest BCUT2D eigenvalue weighted by Gasteiger charge is -2.23. The van der Waals surface area contributed by atoms with Crippen molar-refractivity contribution >= 4 is 5.97 Å². The van der Waals surface area contributed by atoms with E-state index in [1.54, 1.807) is 13.0 Å². The molecule has 0 spiro atoms. The second-order valence-electron chi connectivity index (χ2n) is 6.48. The number of carbonyl (C=O) groups excluding carboxylic acids is 1. The van der Waals surface area contributed by atoms with Gasteiger partial charge in [0.15, 0.2) is 0 Å². The molecule has 134 valence electrons. The van der Waals surface area contributed by atoms with Crippen LogP contribution in [0.15, 0.2) is 47.1 Å². The van der Waals surface area contributed by atoms with Gasteiger partial charge >= 0.3 is 5.97 Å². The van der Waals surface area contributed by atoms with Gasteiger partial charge in [-0.1, -0.05) is 36.0 Å². The average Bonchev–Trinajstić information content (AvgIpc) is 2.53. The molecule has 0 radical (unpaired) electrons. The predicted molar refractivity (Wildman–Crippen MR) is 96.5 cm³/mol. The molecule has 0 saturated carbocycles. The summed E-state index contributed by atoms with van der Waals surface area (Å²) in [7, 11) is 0. The Morgan fingerprint density at radius 1 is 1.42 bits per heavy atom. The van der Waals surface area contributed by atoms with E-state index in [4.69, 9.17) is 9.84 Å². The van der Waals surface area contributed by atoms with Gasteiger partial charge in [0.1, 0.15) is 6.10 Å². The molecule has 1 rings (SSSR count). The molecule has 0 aromatic heterocycles. The number of rotatable bonds is 9. The van der Waals surface area contributed by atoms with E-state index < -0.39 is 6.10 Å². The smallest absolute Gasteiger partial charge is 0.334 e. The van der Waals surface area contributed by atoms with Crippen molar-refractivity contribution in [2.24, 2.45) is 0 Å². The number of carbonyl (C=O) groups is 1. The van der Waals surface area contributed by atoms with E-state index in [2.05, 4.69) is 12.7 Å². The minimum atomic E-state index is -0.576. The molecule has 1 heterocycles. The molecule has 0 bridgehead atoms. The Balaban J connectivity index is 2.52. The molecule has 0 fully saturated rings. The van der Waals surface area contributed by atoms with E-state index in [1.165, 1.54) is 0 Å². The summed E-state index contributed by atoms with van der Waals surface area (Å²) in [5, 5.41) is 18.6. The molecule has 1 aliphatic heterocycles. The van der Waals surface area contributed by atoms with Gasteiger partial charge in [-0.15, -0.1) is 0 Å². The molecule has 24 heavy (non-hydrogen) atoms. The third-order valence-corrected chi connectivity index (χ3v) is 4.30. The largest absolute Gasteiger partial charge is 0.454 e. The van der Waals surface area contributed by atoms with Crippen molar-refractivity contribution in [2.75, 3.05) is 6.61 Å². The second kappa shape index (κ2) is 10.3. The van der Waals surface area contributed by atoms with E-state index in [-0.39, 0.29) is 18.7 Å². The number of hydrogen-bond donors (Lipinski definition) is 2. The molecule has 0 amide bonds. The highest BCUT2D eigenvalue weighted by molar-refractivity contribution is 5.89. The van der Waals surface area contributed by atoms with Crippen molar-refractivity contribution < 1.29 is 19.7 Å². The molecule has 0 aliphatic carbocycles. The van der Waals surface area contributed by atoms with E-state index in [9.17, 15) is 9.90 Å². The zero-order chi connectivity index (χ0) is 18.1. The van der Waals surface area contributed by atoms with Gasteiger partial charge in [0.05, 0.1) is 12.7 Å². The zero-order valence-electron chi connectivity index (χ0n) is 15.0. The van der Waals surface area contributed by atoms with E-state index in [1.807, 2.05) is 19.9 Å². The van der Waals surface area contributed by atoms with Crippen molar-refractivity contribution in [1.29, 1.82) is 0 Å². The number of cyclic esters (lactones) is 1. The maximum Gasteiger partial charge on any atom is 0.334 e. The highest BCUT2D eigenvalue weighted by Gasteiger charge is 2.24. The summed E-state index contributed by atoms with van der Waals surface area (Å²) in [6.07, 6.45) is 8.48. The minimum Gasteiger partial charge on any atom is -0.454 e. The number of allylic oxidation sites excluding steroid dienone is 2. The fraction of sp³-hybridized carbons (Fsp3) is 0.550. The van der Waals surface area contributed by atoms with Crippen LogP contribution in [0.2, 0.25) is 0 Å².